The molecule has 1 N–H and O–H groups in total. The van der Waals surface area contributed by atoms with E-state index in [1.54, 1.807) is 22.7 Å². The van der Waals surface area contributed by atoms with Gasteiger partial charge in [-0.3, -0.25) is 0 Å². The van der Waals surface area contributed by atoms with Gasteiger partial charge >= 0.3 is 0 Å². The summed E-state index contributed by atoms with van der Waals surface area (Å²) in [4.78, 5) is 10.4. The lowest BCUT2D eigenvalue weighted by Crippen LogP contribution is -1.94. The standard InChI is InChI=1S/C12H17N3S2/c1-5-13-12-15-9(6-16-12)10-8(4)14-11(17-10)7(2)3/h6-7H,5H2,1-4H3,(H,13,15). The molecule has 0 spiro atoms. The van der Waals surface area contributed by atoms with Crippen LogP contribution in [0.25, 0.3) is 10.6 Å². The molecule has 0 saturated heterocycles. The number of hydrogen-bond acceptors (Lipinski definition) is 5. The normalized spacial score (nSPS) is 11.1. The molecule has 0 fully saturated rings. The molecule has 0 saturated carbocycles. The summed E-state index contributed by atoms with van der Waals surface area (Å²) in [6, 6.07) is 0. The maximum absolute atomic E-state index is 4.60. The van der Waals surface area contributed by atoms with E-state index in [1.165, 1.54) is 9.88 Å². The summed E-state index contributed by atoms with van der Waals surface area (Å²) in [5, 5.41) is 7.52. The third kappa shape index (κ3) is 2.66. The Balaban J connectivity index is 2.31. The number of nitrogens with one attached hydrogen (secondary N) is 1. The minimum Gasteiger partial charge on any atom is -0.362 e. The van der Waals surface area contributed by atoms with Gasteiger partial charge in [-0.2, -0.15) is 0 Å². The highest BCUT2D eigenvalue weighted by molar-refractivity contribution is 7.16. The van der Waals surface area contributed by atoms with Crippen molar-refractivity contribution in [3.63, 3.8) is 0 Å². The number of aromatic nitrogens is 2. The van der Waals surface area contributed by atoms with Crippen LogP contribution in [0.2, 0.25) is 0 Å². The second kappa shape index (κ2) is 5.14. The summed E-state index contributed by atoms with van der Waals surface area (Å²) in [5.74, 6) is 0.485. The fourth-order valence-corrected chi connectivity index (χ4v) is 3.39. The summed E-state index contributed by atoms with van der Waals surface area (Å²) in [7, 11) is 0. The molecule has 0 aliphatic carbocycles. The predicted molar refractivity (Wildman–Crippen MR) is 76.2 cm³/mol. The fourth-order valence-electron chi connectivity index (χ4n) is 1.51. The van der Waals surface area contributed by atoms with Crippen molar-refractivity contribution >= 4 is 27.8 Å². The van der Waals surface area contributed by atoms with Gasteiger partial charge in [0, 0.05) is 17.8 Å². The zero-order valence-corrected chi connectivity index (χ0v) is 12.2. The van der Waals surface area contributed by atoms with Crippen LogP contribution in [0, 0.1) is 6.92 Å². The first-order valence-electron chi connectivity index (χ1n) is 5.79. The Morgan fingerprint density at radius 1 is 1.35 bits per heavy atom. The molecule has 0 bridgehead atoms. The molecule has 3 nitrogen and oxygen atoms in total. The van der Waals surface area contributed by atoms with E-state index in [-0.39, 0.29) is 0 Å². The lowest BCUT2D eigenvalue weighted by atomic mass is 10.2. The molecule has 0 atom stereocenters. The van der Waals surface area contributed by atoms with Gasteiger partial charge in [-0.05, 0) is 13.8 Å². The third-order valence-electron chi connectivity index (χ3n) is 2.37. The van der Waals surface area contributed by atoms with Crippen LogP contribution in [0.3, 0.4) is 0 Å². The van der Waals surface area contributed by atoms with E-state index in [9.17, 15) is 0 Å². The van der Waals surface area contributed by atoms with Gasteiger partial charge in [0.05, 0.1) is 21.3 Å². The van der Waals surface area contributed by atoms with Crippen LogP contribution in [0.1, 0.15) is 37.4 Å². The van der Waals surface area contributed by atoms with Crippen molar-refractivity contribution < 1.29 is 0 Å². The van der Waals surface area contributed by atoms with E-state index in [2.05, 4.69) is 48.4 Å². The van der Waals surface area contributed by atoms with Crippen LogP contribution < -0.4 is 5.32 Å². The molecule has 0 aromatic carbocycles. The number of nitrogens with zero attached hydrogens (tertiary/aromatic N) is 2. The Morgan fingerprint density at radius 3 is 2.71 bits per heavy atom. The topological polar surface area (TPSA) is 37.8 Å². The van der Waals surface area contributed by atoms with Gasteiger partial charge in [0.1, 0.15) is 0 Å². The zero-order valence-electron chi connectivity index (χ0n) is 10.6. The molecular weight excluding hydrogens is 250 g/mol. The molecule has 2 aromatic rings. The van der Waals surface area contributed by atoms with Crippen molar-refractivity contribution in [2.24, 2.45) is 0 Å². The monoisotopic (exact) mass is 267 g/mol. The van der Waals surface area contributed by atoms with Crippen molar-refractivity contribution in [1.29, 1.82) is 0 Å². The van der Waals surface area contributed by atoms with E-state index in [0.717, 1.165) is 23.1 Å². The number of aryl methyl sites for hydroxylation is 1. The molecule has 17 heavy (non-hydrogen) atoms. The van der Waals surface area contributed by atoms with Crippen LogP contribution in [0.4, 0.5) is 5.13 Å². The first-order valence-corrected chi connectivity index (χ1v) is 7.48. The lowest BCUT2D eigenvalue weighted by Gasteiger charge is -1.95. The van der Waals surface area contributed by atoms with Gasteiger partial charge in [-0.25, -0.2) is 9.97 Å². The Morgan fingerprint density at radius 2 is 2.12 bits per heavy atom. The van der Waals surface area contributed by atoms with Crippen LogP contribution in [0.5, 0.6) is 0 Å². The lowest BCUT2D eigenvalue weighted by molar-refractivity contribution is 0.847. The summed E-state index contributed by atoms with van der Waals surface area (Å²) in [6.07, 6.45) is 0. The van der Waals surface area contributed by atoms with E-state index < -0.39 is 0 Å². The smallest absolute Gasteiger partial charge is 0.183 e. The Labute approximate surface area is 110 Å². The van der Waals surface area contributed by atoms with E-state index >= 15 is 0 Å². The molecule has 0 radical (unpaired) electrons. The minimum atomic E-state index is 0.485. The van der Waals surface area contributed by atoms with Gasteiger partial charge < -0.3 is 5.32 Å². The summed E-state index contributed by atoms with van der Waals surface area (Å²) >= 11 is 3.41. The van der Waals surface area contributed by atoms with Crippen LogP contribution in [-0.4, -0.2) is 16.5 Å². The largest absolute Gasteiger partial charge is 0.362 e. The molecule has 0 aliphatic heterocycles. The Hall–Kier alpha value is -0.940. The van der Waals surface area contributed by atoms with Crippen molar-refractivity contribution in [2.75, 3.05) is 11.9 Å². The average Bonchev–Trinajstić information content (AvgIpc) is 2.85. The van der Waals surface area contributed by atoms with Crippen LogP contribution in [-0.2, 0) is 0 Å². The molecule has 0 aliphatic rings. The van der Waals surface area contributed by atoms with E-state index in [1.807, 2.05) is 0 Å². The number of thiazole rings is 2. The molecule has 0 amide bonds. The van der Waals surface area contributed by atoms with Gasteiger partial charge in [-0.15, -0.1) is 22.7 Å². The molecular formula is C12H17N3S2. The first-order chi connectivity index (χ1) is 8.11. The van der Waals surface area contributed by atoms with Crippen molar-refractivity contribution in [3.05, 3.63) is 16.1 Å². The molecule has 2 rings (SSSR count). The first kappa shape index (κ1) is 12.5. The van der Waals surface area contributed by atoms with Gasteiger partial charge in [0.2, 0.25) is 0 Å². The average molecular weight is 267 g/mol. The van der Waals surface area contributed by atoms with Crippen molar-refractivity contribution in [3.8, 4) is 10.6 Å². The second-order valence-electron chi connectivity index (χ2n) is 4.19. The third-order valence-corrected chi connectivity index (χ3v) is 4.65. The molecule has 0 unspecified atom stereocenters. The maximum atomic E-state index is 4.60. The number of rotatable bonds is 4. The molecule has 92 valence electrons. The van der Waals surface area contributed by atoms with Crippen molar-refractivity contribution in [2.45, 2.75) is 33.6 Å². The van der Waals surface area contributed by atoms with Gasteiger partial charge in [0.15, 0.2) is 5.13 Å². The Kier molecular flexibility index (Phi) is 3.79. The highest BCUT2D eigenvalue weighted by atomic mass is 32.1. The SMILES string of the molecule is CCNc1nc(-c2sc(C(C)C)nc2C)cs1. The summed E-state index contributed by atoms with van der Waals surface area (Å²) < 4.78 is 0. The minimum absolute atomic E-state index is 0.485. The molecule has 5 heteroatoms. The molecule has 2 heterocycles. The van der Waals surface area contributed by atoms with Gasteiger partial charge in [-0.1, -0.05) is 13.8 Å². The summed E-state index contributed by atoms with van der Waals surface area (Å²) in [6.45, 7) is 9.39. The number of hydrogen-bond donors (Lipinski definition) is 1. The van der Waals surface area contributed by atoms with Crippen LogP contribution in [0.15, 0.2) is 5.38 Å². The second-order valence-corrected chi connectivity index (χ2v) is 6.08. The number of anilines is 1. The predicted octanol–water partition coefficient (Wildman–Crippen LogP) is 4.13. The van der Waals surface area contributed by atoms with E-state index in [4.69, 9.17) is 0 Å². The van der Waals surface area contributed by atoms with E-state index in [0.29, 0.717) is 5.92 Å². The Bertz CT molecular complexity index is 500. The summed E-state index contributed by atoms with van der Waals surface area (Å²) in [5.41, 5.74) is 2.14. The zero-order chi connectivity index (χ0) is 12.4. The van der Waals surface area contributed by atoms with Crippen molar-refractivity contribution in [1.82, 2.24) is 9.97 Å². The quantitative estimate of drug-likeness (QED) is 0.905. The van der Waals surface area contributed by atoms with Crippen LogP contribution >= 0.6 is 22.7 Å². The van der Waals surface area contributed by atoms with Gasteiger partial charge in [0.25, 0.3) is 0 Å². The highest BCUT2D eigenvalue weighted by Gasteiger charge is 2.14. The highest BCUT2D eigenvalue weighted by Crippen LogP contribution is 2.34. The fraction of sp³-hybridized carbons (Fsp3) is 0.500. The maximum Gasteiger partial charge on any atom is 0.183 e. The molecule has 2 aromatic heterocycles.